The number of rotatable bonds is 6. The minimum absolute atomic E-state index is 0.0292. The van der Waals surface area contributed by atoms with Gasteiger partial charge < -0.3 is 24.6 Å². The summed E-state index contributed by atoms with van der Waals surface area (Å²) in [6.45, 7) is 10.5. The summed E-state index contributed by atoms with van der Waals surface area (Å²) in [6, 6.07) is 4.75. The first-order valence-electron chi connectivity index (χ1n) is 11.3. The van der Waals surface area contributed by atoms with E-state index >= 15 is 0 Å². The summed E-state index contributed by atoms with van der Waals surface area (Å²) in [4.78, 5) is 41.9. The zero-order valence-electron chi connectivity index (χ0n) is 20.9. The number of ether oxygens (including phenoxy) is 2. The fourth-order valence-electron chi connectivity index (χ4n) is 3.80. The highest BCUT2D eigenvalue weighted by Crippen LogP contribution is 2.25. The Labute approximate surface area is 199 Å². The van der Waals surface area contributed by atoms with E-state index in [-0.39, 0.29) is 36.6 Å². The second-order valence-electron chi connectivity index (χ2n) is 10.3. The van der Waals surface area contributed by atoms with E-state index < -0.39 is 29.9 Å². The maximum absolute atomic E-state index is 13.3. The number of hydrogen-bond acceptors (Lipinski definition) is 5. The smallest absolute Gasteiger partial charge is 0.408 e. The molecule has 0 unspecified atom stereocenters. The van der Waals surface area contributed by atoms with E-state index in [1.807, 2.05) is 27.7 Å². The largest absolute Gasteiger partial charge is 0.444 e. The Morgan fingerprint density at radius 2 is 1.65 bits per heavy atom. The maximum Gasteiger partial charge on any atom is 0.408 e. The molecule has 1 N–H and O–H groups in total. The molecule has 1 saturated heterocycles. The Morgan fingerprint density at radius 3 is 2.12 bits per heavy atom. The minimum Gasteiger partial charge on any atom is -0.444 e. The molecule has 34 heavy (non-hydrogen) atoms. The van der Waals surface area contributed by atoms with Gasteiger partial charge in [-0.15, -0.1) is 0 Å². The van der Waals surface area contributed by atoms with Crippen LogP contribution in [0.25, 0.3) is 0 Å². The van der Waals surface area contributed by atoms with E-state index in [4.69, 9.17) is 4.74 Å². The molecule has 10 heteroatoms. The lowest BCUT2D eigenvalue weighted by molar-refractivity contribution is -0.138. The van der Waals surface area contributed by atoms with Crippen LogP contribution >= 0.6 is 0 Å². The molecule has 1 heterocycles. The number of halogens is 2. The van der Waals surface area contributed by atoms with Gasteiger partial charge in [0.1, 0.15) is 17.4 Å². The Morgan fingerprint density at radius 1 is 1.06 bits per heavy atom. The number of amides is 3. The molecule has 8 nitrogen and oxygen atoms in total. The molecule has 1 aliphatic rings. The Balaban J connectivity index is 2.09. The fourth-order valence-corrected chi connectivity index (χ4v) is 3.80. The van der Waals surface area contributed by atoms with E-state index in [1.165, 1.54) is 24.3 Å². The van der Waals surface area contributed by atoms with Crippen molar-refractivity contribution in [3.05, 3.63) is 29.8 Å². The van der Waals surface area contributed by atoms with Gasteiger partial charge in [0.2, 0.25) is 5.91 Å². The van der Waals surface area contributed by atoms with Crippen molar-refractivity contribution in [2.45, 2.75) is 72.3 Å². The molecule has 190 valence electrons. The quantitative estimate of drug-likeness (QED) is 0.663. The minimum atomic E-state index is -2.94. The monoisotopic (exact) mass is 483 g/mol. The van der Waals surface area contributed by atoms with Crippen LogP contribution in [0.3, 0.4) is 0 Å². The topological polar surface area (TPSA) is 88.2 Å². The van der Waals surface area contributed by atoms with E-state index in [0.717, 1.165) is 0 Å². The van der Waals surface area contributed by atoms with Crippen LogP contribution in [0, 0.1) is 5.92 Å². The lowest BCUT2D eigenvalue weighted by Crippen LogP contribution is -2.64. The molecule has 3 amide bonds. The van der Waals surface area contributed by atoms with E-state index in [0.29, 0.717) is 12.1 Å². The Kier molecular flexibility index (Phi) is 8.50. The van der Waals surface area contributed by atoms with E-state index in [1.54, 1.807) is 30.6 Å². The lowest BCUT2D eigenvalue weighted by Gasteiger charge is -2.48. The normalized spacial score (nSPS) is 16.9. The molecule has 0 spiro atoms. The molecule has 1 fully saturated rings. The molecule has 1 aromatic rings. The highest BCUT2D eigenvalue weighted by molar-refractivity contribution is 5.95. The van der Waals surface area contributed by atoms with Gasteiger partial charge in [0.05, 0.1) is 5.54 Å². The van der Waals surface area contributed by atoms with Crippen LogP contribution in [0.1, 0.15) is 58.8 Å². The number of nitrogens with zero attached hydrogens (tertiary/aromatic N) is 2. The number of alkyl halides is 2. The zero-order chi connectivity index (χ0) is 25.8. The summed E-state index contributed by atoms with van der Waals surface area (Å²) in [5, 5.41) is 2.68. The van der Waals surface area contributed by atoms with E-state index in [9.17, 15) is 23.2 Å². The van der Waals surface area contributed by atoms with Crippen LogP contribution in [0.2, 0.25) is 0 Å². The van der Waals surface area contributed by atoms with Gasteiger partial charge in [-0.3, -0.25) is 9.59 Å². The Hall–Kier alpha value is -2.91. The van der Waals surface area contributed by atoms with Crippen LogP contribution in [0.15, 0.2) is 24.3 Å². The third-order valence-electron chi connectivity index (χ3n) is 5.39. The molecular formula is C24H35F2N3O5. The standard InChI is InChI=1S/C24H35F2N3O5/c1-15(2)18(27-22(32)34-23(3,4)5)20(31)28-12-13-29(24(6,7)14-28)19(30)16-8-10-17(11-9-16)33-21(25)26/h8-11,15,18,21H,12-14H2,1-7H3,(H,27,32)/t18-/m0/s1. The van der Waals surface area contributed by atoms with Gasteiger partial charge in [-0.25, -0.2) is 4.79 Å². The number of carbonyl (C=O) groups excluding carboxylic acids is 3. The Bertz CT molecular complexity index is 882. The first-order valence-corrected chi connectivity index (χ1v) is 11.3. The highest BCUT2D eigenvalue weighted by atomic mass is 19.3. The average Bonchev–Trinajstić information content (AvgIpc) is 2.69. The lowest BCUT2D eigenvalue weighted by atomic mass is 9.95. The number of carbonyl (C=O) groups is 3. The van der Waals surface area contributed by atoms with Crippen LogP contribution < -0.4 is 10.1 Å². The summed E-state index contributed by atoms with van der Waals surface area (Å²) in [7, 11) is 0. The third kappa shape index (κ3) is 7.30. The molecule has 1 aromatic carbocycles. The maximum atomic E-state index is 13.3. The van der Waals surface area contributed by atoms with Crippen molar-refractivity contribution in [1.29, 1.82) is 0 Å². The van der Waals surface area contributed by atoms with Crippen LogP contribution in [0.4, 0.5) is 13.6 Å². The van der Waals surface area contributed by atoms with Gasteiger partial charge >= 0.3 is 12.7 Å². The van der Waals surface area contributed by atoms with Crippen LogP contribution in [0.5, 0.6) is 5.75 Å². The fraction of sp³-hybridized carbons (Fsp3) is 0.625. The highest BCUT2D eigenvalue weighted by Gasteiger charge is 2.41. The molecule has 0 aliphatic carbocycles. The number of piperazine rings is 1. The molecule has 2 rings (SSSR count). The van der Waals surface area contributed by atoms with Crippen molar-refractivity contribution < 1.29 is 32.6 Å². The van der Waals surface area contributed by atoms with Crippen molar-refractivity contribution in [3.8, 4) is 5.75 Å². The van der Waals surface area contributed by atoms with Gasteiger partial charge in [0.25, 0.3) is 5.91 Å². The predicted octanol–water partition coefficient (Wildman–Crippen LogP) is 3.90. The predicted molar refractivity (Wildman–Crippen MR) is 123 cm³/mol. The van der Waals surface area contributed by atoms with Crippen molar-refractivity contribution in [3.63, 3.8) is 0 Å². The molecule has 0 radical (unpaired) electrons. The van der Waals surface area contributed by atoms with Gasteiger partial charge in [0.15, 0.2) is 0 Å². The average molecular weight is 484 g/mol. The van der Waals surface area contributed by atoms with Crippen LogP contribution in [-0.4, -0.2) is 71.1 Å². The van der Waals surface area contributed by atoms with Crippen molar-refractivity contribution in [2.24, 2.45) is 5.92 Å². The number of hydrogen-bond donors (Lipinski definition) is 1. The van der Waals surface area contributed by atoms with Crippen molar-refractivity contribution in [1.82, 2.24) is 15.1 Å². The number of nitrogens with one attached hydrogen (secondary N) is 1. The third-order valence-corrected chi connectivity index (χ3v) is 5.39. The number of benzene rings is 1. The summed E-state index contributed by atoms with van der Waals surface area (Å²) in [5.74, 6) is -0.710. The molecule has 1 atom stereocenters. The van der Waals surface area contributed by atoms with Gasteiger partial charge in [-0.1, -0.05) is 13.8 Å². The number of alkyl carbamates (subject to hydrolysis) is 1. The summed E-state index contributed by atoms with van der Waals surface area (Å²) in [6.07, 6.45) is -0.660. The summed E-state index contributed by atoms with van der Waals surface area (Å²) in [5.41, 5.74) is -1.05. The van der Waals surface area contributed by atoms with E-state index in [2.05, 4.69) is 10.1 Å². The van der Waals surface area contributed by atoms with Crippen molar-refractivity contribution in [2.75, 3.05) is 19.6 Å². The van der Waals surface area contributed by atoms with Gasteiger partial charge in [-0.05, 0) is 64.8 Å². The van der Waals surface area contributed by atoms with Gasteiger partial charge in [0, 0.05) is 25.2 Å². The second-order valence-corrected chi connectivity index (χ2v) is 10.3. The first kappa shape index (κ1) is 27.3. The molecular weight excluding hydrogens is 448 g/mol. The molecule has 1 aliphatic heterocycles. The zero-order valence-corrected chi connectivity index (χ0v) is 20.9. The molecule has 0 bridgehead atoms. The molecule has 0 saturated carbocycles. The van der Waals surface area contributed by atoms with Crippen LogP contribution in [-0.2, 0) is 9.53 Å². The van der Waals surface area contributed by atoms with Crippen molar-refractivity contribution >= 4 is 17.9 Å². The first-order chi connectivity index (χ1) is 15.6. The van der Waals surface area contributed by atoms with Gasteiger partial charge in [-0.2, -0.15) is 8.78 Å². The second kappa shape index (κ2) is 10.6. The molecule has 0 aromatic heterocycles. The summed E-state index contributed by atoms with van der Waals surface area (Å²) >= 11 is 0. The SMILES string of the molecule is CC(C)[C@H](NC(=O)OC(C)(C)C)C(=O)N1CCN(C(=O)c2ccc(OC(F)F)cc2)C(C)(C)C1. The summed E-state index contributed by atoms with van der Waals surface area (Å²) < 4.78 is 34.4.